The molecule has 0 spiro atoms. The van der Waals surface area contributed by atoms with Crippen LogP contribution in [0.2, 0.25) is 0 Å². The van der Waals surface area contributed by atoms with Crippen molar-refractivity contribution in [2.75, 3.05) is 56.3 Å². The van der Waals surface area contributed by atoms with Crippen molar-refractivity contribution in [3.05, 3.63) is 78.0 Å². The van der Waals surface area contributed by atoms with Crippen molar-refractivity contribution in [3.63, 3.8) is 0 Å². The van der Waals surface area contributed by atoms with Gasteiger partial charge in [-0.25, -0.2) is 4.98 Å². The van der Waals surface area contributed by atoms with Gasteiger partial charge in [0.05, 0.1) is 33.1 Å². The summed E-state index contributed by atoms with van der Waals surface area (Å²) in [5.41, 5.74) is 2.34. The van der Waals surface area contributed by atoms with Gasteiger partial charge in [-0.05, 0) is 11.1 Å². The zero-order valence-electron chi connectivity index (χ0n) is 18.3. The predicted molar refractivity (Wildman–Crippen MR) is 123 cm³/mol. The van der Waals surface area contributed by atoms with E-state index in [1.807, 2.05) is 36.4 Å². The molecule has 0 amide bonds. The van der Waals surface area contributed by atoms with Crippen LogP contribution >= 0.6 is 0 Å². The molecule has 2 saturated heterocycles. The van der Waals surface area contributed by atoms with Gasteiger partial charge in [-0.15, -0.1) is 0 Å². The summed E-state index contributed by atoms with van der Waals surface area (Å²) in [7, 11) is 1.66. The lowest BCUT2D eigenvalue weighted by Crippen LogP contribution is -2.41. The number of methoxy groups -OCH3 is 1. The molecule has 2 aliphatic heterocycles. The molecule has 0 aliphatic carbocycles. The molecule has 2 fully saturated rings. The van der Waals surface area contributed by atoms with E-state index in [1.165, 1.54) is 11.1 Å². The highest BCUT2D eigenvalue weighted by molar-refractivity contribution is 5.55. The molecule has 0 radical (unpaired) electrons. The van der Waals surface area contributed by atoms with E-state index in [2.05, 4.69) is 39.0 Å². The summed E-state index contributed by atoms with van der Waals surface area (Å²) in [6, 6.07) is 20.6. The van der Waals surface area contributed by atoms with Crippen molar-refractivity contribution in [3.8, 4) is 5.75 Å². The fourth-order valence-corrected chi connectivity index (χ4v) is 4.29. The average molecular weight is 433 g/mol. The largest absolute Gasteiger partial charge is 0.491 e. The highest BCUT2D eigenvalue weighted by Crippen LogP contribution is 2.33. The second kappa shape index (κ2) is 9.54. The minimum absolute atomic E-state index is 0.00100. The SMILES string of the molecule is COc1cnc(N2CCO[C@@H](c3ccccc3)C2)nc1N1CCO[C@@H](c2ccccc2)C1. The molecule has 2 aliphatic rings. The third-order valence-corrected chi connectivity index (χ3v) is 6.00. The molecule has 3 heterocycles. The Hall–Kier alpha value is -3.16. The molecule has 1 aromatic heterocycles. The Kier molecular flexibility index (Phi) is 6.18. The van der Waals surface area contributed by atoms with Gasteiger partial charge >= 0.3 is 0 Å². The van der Waals surface area contributed by atoms with Crippen LogP contribution in [0.1, 0.15) is 23.3 Å². The van der Waals surface area contributed by atoms with Crippen molar-refractivity contribution in [1.82, 2.24) is 9.97 Å². The lowest BCUT2D eigenvalue weighted by molar-refractivity contribution is 0.0386. The summed E-state index contributed by atoms with van der Waals surface area (Å²) in [5.74, 6) is 2.19. The van der Waals surface area contributed by atoms with Crippen LogP contribution in [-0.2, 0) is 9.47 Å². The highest BCUT2D eigenvalue weighted by atomic mass is 16.5. The minimum atomic E-state index is -0.00100. The van der Waals surface area contributed by atoms with E-state index in [4.69, 9.17) is 19.2 Å². The second-order valence-electron chi connectivity index (χ2n) is 7.99. The van der Waals surface area contributed by atoms with Gasteiger partial charge in [0.15, 0.2) is 11.6 Å². The van der Waals surface area contributed by atoms with Gasteiger partial charge in [0.1, 0.15) is 12.2 Å². The topological polar surface area (TPSA) is 60.0 Å². The first-order valence-electron chi connectivity index (χ1n) is 11.1. The summed E-state index contributed by atoms with van der Waals surface area (Å²) < 4.78 is 17.7. The second-order valence-corrected chi connectivity index (χ2v) is 7.99. The first-order chi connectivity index (χ1) is 15.8. The third-order valence-electron chi connectivity index (χ3n) is 6.00. The van der Waals surface area contributed by atoms with E-state index < -0.39 is 0 Å². The number of anilines is 2. The summed E-state index contributed by atoms with van der Waals surface area (Å²) in [5, 5.41) is 0. The zero-order valence-corrected chi connectivity index (χ0v) is 18.3. The molecule has 0 unspecified atom stereocenters. The molecule has 0 N–H and O–H groups in total. The number of nitrogens with zero attached hydrogens (tertiary/aromatic N) is 4. The van der Waals surface area contributed by atoms with Gasteiger partial charge in [-0.3, -0.25) is 0 Å². The van der Waals surface area contributed by atoms with Crippen LogP contribution < -0.4 is 14.5 Å². The average Bonchev–Trinajstić information content (AvgIpc) is 2.89. The molecule has 7 nitrogen and oxygen atoms in total. The van der Waals surface area contributed by atoms with Crippen LogP contribution in [0.3, 0.4) is 0 Å². The van der Waals surface area contributed by atoms with Crippen LogP contribution in [-0.4, -0.2) is 56.5 Å². The number of hydrogen-bond acceptors (Lipinski definition) is 7. The van der Waals surface area contributed by atoms with Crippen LogP contribution in [0.15, 0.2) is 66.9 Å². The molecule has 32 heavy (non-hydrogen) atoms. The van der Waals surface area contributed by atoms with Crippen LogP contribution in [0.4, 0.5) is 11.8 Å². The van der Waals surface area contributed by atoms with Crippen molar-refractivity contribution < 1.29 is 14.2 Å². The number of rotatable bonds is 5. The van der Waals surface area contributed by atoms with E-state index >= 15 is 0 Å². The van der Waals surface area contributed by atoms with E-state index in [0.29, 0.717) is 38.0 Å². The predicted octanol–water partition coefficient (Wildman–Crippen LogP) is 3.64. The Labute approximate surface area is 188 Å². The Morgan fingerprint density at radius 3 is 1.97 bits per heavy atom. The fraction of sp³-hybridized carbons (Fsp3) is 0.360. The summed E-state index contributed by atoms with van der Waals surface area (Å²) in [6.07, 6.45) is 1.78. The lowest BCUT2D eigenvalue weighted by Gasteiger charge is -2.36. The minimum Gasteiger partial charge on any atom is -0.491 e. The first-order valence-corrected chi connectivity index (χ1v) is 11.1. The van der Waals surface area contributed by atoms with E-state index in [1.54, 1.807) is 13.3 Å². The first kappa shape index (κ1) is 20.7. The molecular weight excluding hydrogens is 404 g/mol. The normalized spacial score (nSPS) is 21.4. The number of morpholine rings is 2. The zero-order chi connectivity index (χ0) is 21.8. The lowest BCUT2D eigenvalue weighted by atomic mass is 10.1. The Morgan fingerprint density at radius 2 is 1.38 bits per heavy atom. The molecule has 3 aromatic rings. The molecule has 2 atom stereocenters. The van der Waals surface area contributed by atoms with Crippen molar-refractivity contribution >= 4 is 11.8 Å². The molecule has 2 aromatic carbocycles. The summed E-state index contributed by atoms with van der Waals surface area (Å²) in [4.78, 5) is 14.0. The fourth-order valence-electron chi connectivity index (χ4n) is 4.29. The highest BCUT2D eigenvalue weighted by Gasteiger charge is 2.28. The number of hydrogen-bond donors (Lipinski definition) is 0. The summed E-state index contributed by atoms with van der Waals surface area (Å²) >= 11 is 0. The van der Waals surface area contributed by atoms with E-state index in [0.717, 1.165) is 18.9 Å². The molecular formula is C25H28N4O3. The van der Waals surface area contributed by atoms with E-state index in [9.17, 15) is 0 Å². The molecule has 0 bridgehead atoms. The Balaban J connectivity index is 1.38. The summed E-state index contributed by atoms with van der Waals surface area (Å²) in [6.45, 7) is 4.21. The number of aromatic nitrogens is 2. The molecule has 5 rings (SSSR count). The van der Waals surface area contributed by atoms with Gasteiger partial charge in [0, 0.05) is 19.6 Å². The Morgan fingerprint density at radius 1 is 0.812 bits per heavy atom. The van der Waals surface area contributed by atoms with E-state index in [-0.39, 0.29) is 12.2 Å². The quantitative estimate of drug-likeness (QED) is 0.610. The maximum absolute atomic E-state index is 6.05. The van der Waals surface area contributed by atoms with Crippen LogP contribution in [0.5, 0.6) is 5.75 Å². The van der Waals surface area contributed by atoms with Crippen molar-refractivity contribution in [2.45, 2.75) is 12.2 Å². The standard InChI is InChI=1S/C25H28N4O3/c1-30-21-16-26-25(29-13-15-32-23(18-29)20-10-6-3-7-11-20)27-24(21)28-12-14-31-22(17-28)19-8-4-2-5-9-19/h2-11,16,22-23H,12-15,17-18H2,1H3/t22-,23-/m1/s1. The van der Waals surface area contributed by atoms with Gasteiger partial charge in [0.25, 0.3) is 0 Å². The number of benzene rings is 2. The molecule has 166 valence electrons. The van der Waals surface area contributed by atoms with Gasteiger partial charge < -0.3 is 24.0 Å². The Bertz CT molecular complexity index is 1020. The third kappa shape index (κ3) is 4.40. The van der Waals surface area contributed by atoms with Crippen LogP contribution in [0, 0.1) is 0 Å². The smallest absolute Gasteiger partial charge is 0.227 e. The number of ether oxygens (including phenoxy) is 3. The van der Waals surface area contributed by atoms with Gasteiger partial charge in [-0.1, -0.05) is 60.7 Å². The van der Waals surface area contributed by atoms with Gasteiger partial charge in [0.2, 0.25) is 5.95 Å². The van der Waals surface area contributed by atoms with Crippen molar-refractivity contribution in [1.29, 1.82) is 0 Å². The van der Waals surface area contributed by atoms with Crippen molar-refractivity contribution in [2.24, 2.45) is 0 Å². The monoisotopic (exact) mass is 432 g/mol. The maximum Gasteiger partial charge on any atom is 0.227 e. The molecule has 7 heteroatoms. The molecule has 0 saturated carbocycles. The maximum atomic E-state index is 6.05. The van der Waals surface area contributed by atoms with Gasteiger partial charge in [-0.2, -0.15) is 4.98 Å². The van der Waals surface area contributed by atoms with Crippen LogP contribution in [0.25, 0.3) is 0 Å².